The van der Waals surface area contributed by atoms with Crippen LogP contribution in [0, 0.1) is 0 Å². The lowest BCUT2D eigenvalue weighted by Gasteiger charge is -2.57. The lowest BCUT2D eigenvalue weighted by molar-refractivity contribution is -0.485. The van der Waals surface area contributed by atoms with Crippen LogP contribution in [-0.2, 0) is 18.9 Å². The molecule has 2 unspecified atom stereocenters. The molecule has 35 heavy (non-hydrogen) atoms. The molecule has 0 spiro atoms. The highest BCUT2D eigenvalue weighted by atomic mass is 16.8. The number of hydrogen-bond donors (Lipinski definition) is 13. The third-order valence-electron chi connectivity index (χ3n) is 6.62. The molecule has 0 bridgehead atoms. The second-order valence-electron chi connectivity index (χ2n) is 8.80. The zero-order chi connectivity index (χ0) is 26.5. The number of aliphatic hydroxyl groups excluding tert-OH is 12. The van der Waals surface area contributed by atoms with E-state index in [0.717, 1.165) is 0 Å². The number of ether oxygens (including phenoxy) is 4. The van der Waals surface area contributed by atoms with Crippen LogP contribution in [0.4, 0.5) is 0 Å². The number of aliphatic hydroxyl groups is 13. The van der Waals surface area contributed by atoms with Crippen LogP contribution in [0.3, 0.4) is 0 Å². The molecule has 14 atom stereocenters. The summed E-state index contributed by atoms with van der Waals surface area (Å²) in [7, 11) is 0. The first-order valence-corrected chi connectivity index (χ1v) is 10.6. The van der Waals surface area contributed by atoms with Crippen molar-refractivity contribution in [1.29, 1.82) is 0 Å². The van der Waals surface area contributed by atoms with E-state index in [4.69, 9.17) is 18.9 Å². The van der Waals surface area contributed by atoms with Crippen molar-refractivity contribution in [3.8, 4) is 0 Å². The Hall–Kier alpha value is -0.680. The minimum absolute atomic E-state index is 0.905. The summed E-state index contributed by atoms with van der Waals surface area (Å²) in [5.74, 6) is -8.99. The van der Waals surface area contributed by atoms with Gasteiger partial charge in [-0.1, -0.05) is 0 Å². The maximum absolute atomic E-state index is 10.9. The molecule has 206 valence electrons. The Balaban J connectivity index is 2.17. The first-order valence-electron chi connectivity index (χ1n) is 10.6. The van der Waals surface area contributed by atoms with Crippen LogP contribution in [0.25, 0.3) is 0 Å². The SMILES string of the molecule is OC[C@H]1OC(CO)(O[C@]2(C3O[C@@](O)(CO)[C@@H](O)[C@H](O)[C@@H]3O)O[C@H](CO)[C@@H](O)[C@H](O)[C@H]2O)[C@@H](O)[C@@H]1O. The van der Waals surface area contributed by atoms with Gasteiger partial charge in [0.2, 0.25) is 17.4 Å². The molecule has 0 aromatic rings. The molecule has 3 saturated heterocycles. The Morgan fingerprint density at radius 3 is 1.60 bits per heavy atom. The van der Waals surface area contributed by atoms with Crippen molar-refractivity contribution in [3.63, 3.8) is 0 Å². The van der Waals surface area contributed by atoms with E-state index in [1.54, 1.807) is 0 Å². The molecule has 0 aromatic carbocycles. The highest BCUT2D eigenvalue weighted by molar-refractivity contribution is 5.10. The third kappa shape index (κ3) is 4.39. The van der Waals surface area contributed by atoms with Crippen molar-refractivity contribution in [2.45, 2.75) is 84.5 Å². The molecule has 3 fully saturated rings. The molecule has 3 rings (SSSR count). The molecule has 0 aliphatic carbocycles. The van der Waals surface area contributed by atoms with Gasteiger partial charge in [0.05, 0.1) is 19.8 Å². The average molecular weight is 520 g/mol. The first-order chi connectivity index (χ1) is 16.3. The fraction of sp³-hybridized carbons (Fsp3) is 1.00. The van der Waals surface area contributed by atoms with Crippen LogP contribution in [0.1, 0.15) is 0 Å². The van der Waals surface area contributed by atoms with Gasteiger partial charge in [-0.05, 0) is 0 Å². The van der Waals surface area contributed by atoms with Gasteiger partial charge in [0, 0.05) is 0 Å². The molecule has 0 amide bonds. The summed E-state index contributed by atoms with van der Waals surface area (Å²) in [4.78, 5) is 0. The molecule has 3 aliphatic heterocycles. The number of hydrogen-bond acceptors (Lipinski definition) is 17. The third-order valence-corrected chi connectivity index (χ3v) is 6.62. The van der Waals surface area contributed by atoms with Gasteiger partial charge in [-0.3, -0.25) is 0 Å². The first kappa shape index (κ1) is 28.9. The summed E-state index contributed by atoms with van der Waals surface area (Å²) in [5, 5.41) is 132. The second kappa shape index (κ2) is 10.2. The Kier molecular flexibility index (Phi) is 8.45. The second-order valence-corrected chi connectivity index (χ2v) is 8.80. The van der Waals surface area contributed by atoms with Crippen molar-refractivity contribution in [3.05, 3.63) is 0 Å². The van der Waals surface area contributed by atoms with Gasteiger partial charge in [-0.2, -0.15) is 0 Å². The van der Waals surface area contributed by atoms with Gasteiger partial charge in [-0.25, -0.2) is 0 Å². The summed E-state index contributed by atoms with van der Waals surface area (Å²) in [6, 6.07) is 0. The van der Waals surface area contributed by atoms with E-state index in [9.17, 15) is 66.4 Å². The monoisotopic (exact) mass is 520 g/mol. The van der Waals surface area contributed by atoms with Crippen LogP contribution in [0.2, 0.25) is 0 Å². The Bertz CT molecular complexity index is 727. The fourth-order valence-electron chi connectivity index (χ4n) is 4.51. The molecule has 17 heteroatoms. The summed E-state index contributed by atoms with van der Waals surface area (Å²) in [6.45, 7) is -4.70. The molecule has 13 N–H and O–H groups in total. The minimum atomic E-state index is -3.16. The largest absolute Gasteiger partial charge is 0.394 e. The van der Waals surface area contributed by atoms with Crippen LogP contribution in [0.15, 0.2) is 0 Å². The maximum Gasteiger partial charge on any atom is 0.230 e. The predicted octanol–water partition coefficient (Wildman–Crippen LogP) is -8.86. The molecule has 0 saturated carbocycles. The van der Waals surface area contributed by atoms with Crippen molar-refractivity contribution in [2.24, 2.45) is 0 Å². The van der Waals surface area contributed by atoms with Gasteiger partial charge in [-0.15, -0.1) is 0 Å². The van der Waals surface area contributed by atoms with E-state index in [-0.39, 0.29) is 0 Å². The van der Waals surface area contributed by atoms with E-state index in [1.165, 1.54) is 0 Å². The van der Waals surface area contributed by atoms with E-state index < -0.39 is 111 Å². The van der Waals surface area contributed by atoms with E-state index in [0.29, 0.717) is 0 Å². The van der Waals surface area contributed by atoms with Crippen molar-refractivity contribution < 1.29 is 85.3 Å². The highest BCUT2D eigenvalue weighted by Crippen LogP contribution is 2.46. The Morgan fingerprint density at radius 2 is 1.11 bits per heavy atom. The zero-order valence-corrected chi connectivity index (χ0v) is 18.1. The molecule has 3 aliphatic rings. The average Bonchev–Trinajstić information content (AvgIpc) is 3.10. The summed E-state index contributed by atoms with van der Waals surface area (Å²) in [6.07, 6.45) is -23.7. The quantitative estimate of drug-likeness (QED) is 0.148. The molecular weight excluding hydrogens is 488 g/mol. The molecule has 0 radical (unpaired) electrons. The van der Waals surface area contributed by atoms with Gasteiger partial charge in [0.15, 0.2) is 0 Å². The fourth-order valence-corrected chi connectivity index (χ4v) is 4.51. The maximum atomic E-state index is 10.9. The van der Waals surface area contributed by atoms with Crippen LogP contribution in [0.5, 0.6) is 0 Å². The minimum Gasteiger partial charge on any atom is -0.394 e. The normalized spacial score (nSPS) is 55.3. The summed E-state index contributed by atoms with van der Waals surface area (Å²) >= 11 is 0. The van der Waals surface area contributed by atoms with E-state index >= 15 is 0 Å². The Labute approximate surface area is 197 Å². The lowest BCUT2D eigenvalue weighted by atomic mass is 9.82. The zero-order valence-electron chi connectivity index (χ0n) is 18.1. The van der Waals surface area contributed by atoms with Crippen molar-refractivity contribution >= 4 is 0 Å². The van der Waals surface area contributed by atoms with Gasteiger partial charge >= 0.3 is 0 Å². The lowest BCUT2D eigenvalue weighted by Crippen LogP contribution is -2.79. The topological polar surface area (TPSA) is 300 Å². The molecule has 3 heterocycles. The standard InChI is InChI=1S/C18H32O17/c19-1-5-7(23)9(25)14(30)18(33-5,15-11(27)10(26)12(28)16(31,3-21)34-15)35-17(4-22)13(29)8(24)6(2-20)32-17/h5-15,19-31H,1-4H2/t5-,6-,7-,8-,9+,10-,11+,12+,13+,14-,15?,16+,17?,18-/m1/s1. The van der Waals surface area contributed by atoms with Crippen molar-refractivity contribution in [2.75, 3.05) is 26.4 Å². The van der Waals surface area contributed by atoms with E-state index in [1.807, 2.05) is 0 Å². The van der Waals surface area contributed by atoms with Crippen LogP contribution >= 0.6 is 0 Å². The van der Waals surface area contributed by atoms with Crippen molar-refractivity contribution in [1.82, 2.24) is 0 Å². The van der Waals surface area contributed by atoms with Gasteiger partial charge < -0.3 is 85.3 Å². The van der Waals surface area contributed by atoms with Gasteiger partial charge in [0.25, 0.3) is 0 Å². The summed E-state index contributed by atoms with van der Waals surface area (Å²) < 4.78 is 21.4. The molecule has 17 nitrogen and oxygen atoms in total. The number of rotatable bonds is 7. The Morgan fingerprint density at radius 1 is 0.571 bits per heavy atom. The van der Waals surface area contributed by atoms with Crippen LogP contribution < -0.4 is 0 Å². The van der Waals surface area contributed by atoms with E-state index in [2.05, 4.69) is 0 Å². The van der Waals surface area contributed by atoms with Crippen LogP contribution in [-0.4, -0.2) is 177 Å². The highest BCUT2D eigenvalue weighted by Gasteiger charge is 2.70. The van der Waals surface area contributed by atoms with Gasteiger partial charge in [0.1, 0.15) is 73.8 Å². The summed E-state index contributed by atoms with van der Waals surface area (Å²) in [5.41, 5.74) is 0. The molecule has 0 aromatic heterocycles. The predicted molar refractivity (Wildman–Crippen MR) is 103 cm³/mol. The molecular formula is C18H32O17. The smallest absolute Gasteiger partial charge is 0.230 e.